The summed E-state index contributed by atoms with van der Waals surface area (Å²) in [6.45, 7) is 7.49. The van der Waals surface area contributed by atoms with Crippen LogP contribution < -0.4 is 10.6 Å². The monoisotopic (exact) mass is 357 g/mol. The fraction of sp³-hybridized carbons (Fsp3) is 0.944. The van der Waals surface area contributed by atoms with Crippen LogP contribution in [-0.4, -0.2) is 53.5 Å². The highest BCUT2D eigenvalue weighted by Gasteiger charge is 2.26. The van der Waals surface area contributed by atoms with Crippen molar-refractivity contribution in [1.82, 2.24) is 10.6 Å². The first kappa shape index (κ1) is 19.7. The molecule has 24 heavy (non-hydrogen) atoms. The summed E-state index contributed by atoms with van der Waals surface area (Å²) in [4.78, 5) is 4.67. The van der Waals surface area contributed by atoms with Gasteiger partial charge in [0.05, 0.1) is 0 Å². The molecular formula is C18H35N3O2S. The number of aliphatic imine (C=N–C) groups is 1. The summed E-state index contributed by atoms with van der Waals surface area (Å²) in [6, 6.07) is 0.392. The highest BCUT2D eigenvalue weighted by Crippen LogP contribution is 2.28. The highest BCUT2D eigenvalue weighted by atomic mass is 32.2. The summed E-state index contributed by atoms with van der Waals surface area (Å²) in [5.41, 5.74) is 0. The van der Waals surface area contributed by atoms with E-state index in [-0.39, 0.29) is 0 Å². The molecule has 3 atom stereocenters. The second-order valence-corrected chi connectivity index (χ2v) is 8.94. The van der Waals surface area contributed by atoms with Gasteiger partial charge in [0.25, 0.3) is 0 Å². The van der Waals surface area contributed by atoms with Crippen LogP contribution in [0, 0.1) is 5.92 Å². The Morgan fingerprint density at radius 1 is 1.25 bits per heavy atom. The molecule has 3 unspecified atom stereocenters. The van der Waals surface area contributed by atoms with Crippen LogP contribution in [0.25, 0.3) is 0 Å². The molecule has 2 aliphatic rings. The number of nitrogens with zero attached hydrogens (tertiary/aromatic N) is 1. The maximum Gasteiger partial charge on any atom is 0.191 e. The van der Waals surface area contributed by atoms with Crippen molar-refractivity contribution in [3.05, 3.63) is 0 Å². The molecule has 2 saturated carbocycles. The molecule has 0 bridgehead atoms. The molecule has 0 aromatic carbocycles. The standard InChI is InChI=1S/C18H35N3O2S/c1-3-19-18(20-11-6-12-23-14-15-9-10-15)21-16-7-5-8-17(13-16)24(22)4-2/h15-17H,3-14H2,1-2H3,(H2,19,20,21). The summed E-state index contributed by atoms with van der Waals surface area (Å²) in [5.74, 6) is 2.50. The summed E-state index contributed by atoms with van der Waals surface area (Å²) < 4.78 is 17.7. The lowest BCUT2D eigenvalue weighted by atomic mass is 9.95. The Balaban J connectivity index is 1.69. The molecule has 140 valence electrons. The van der Waals surface area contributed by atoms with E-state index in [1.54, 1.807) is 0 Å². The van der Waals surface area contributed by atoms with E-state index < -0.39 is 10.8 Å². The van der Waals surface area contributed by atoms with Crippen LogP contribution in [0.5, 0.6) is 0 Å². The molecule has 2 fully saturated rings. The zero-order chi connectivity index (χ0) is 17.2. The minimum atomic E-state index is -0.678. The molecule has 0 heterocycles. The van der Waals surface area contributed by atoms with Crippen molar-refractivity contribution in [2.75, 3.05) is 32.1 Å². The lowest BCUT2D eigenvalue weighted by molar-refractivity contribution is 0.123. The predicted molar refractivity (Wildman–Crippen MR) is 102 cm³/mol. The van der Waals surface area contributed by atoms with E-state index >= 15 is 0 Å². The minimum absolute atomic E-state index is 0.347. The molecule has 2 rings (SSSR count). The largest absolute Gasteiger partial charge is 0.381 e. The number of ether oxygens (including phenoxy) is 1. The lowest BCUT2D eigenvalue weighted by Crippen LogP contribution is -2.46. The average molecular weight is 358 g/mol. The van der Waals surface area contributed by atoms with Crippen LogP contribution in [0.1, 0.15) is 58.8 Å². The number of hydrogen-bond acceptors (Lipinski definition) is 3. The van der Waals surface area contributed by atoms with Crippen molar-refractivity contribution >= 4 is 16.8 Å². The van der Waals surface area contributed by atoms with Crippen LogP contribution in [0.15, 0.2) is 4.99 Å². The SMILES string of the molecule is CCNC(=NCCCOCC1CC1)NC1CCCC(S(=O)CC)C1. The van der Waals surface area contributed by atoms with Crippen LogP contribution in [0.2, 0.25) is 0 Å². The number of hydrogen-bond donors (Lipinski definition) is 2. The quantitative estimate of drug-likeness (QED) is 0.358. The van der Waals surface area contributed by atoms with Gasteiger partial charge in [-0.05, 0) is 51.4 Å². The zero-order valence-corrected chi connectivity index (χ0v) is 16.2. The Kier molecular flexibility index (Phi) is 9.10. The Bertz CT molecular complexity index is 413. The van der Waals surface area contributed by atoms with Gasteiger partial charge in [0.1, 0.15) is 0 Å². The maximum atomic E-state index is 12.1. The summed E-state index contributed by atoms with van der Waals surface area (Å²) in [6.07, 6.45) is 8.06. The molecular weight excluding hydrogens is 322 g/mol. The van der Waals surface area contributed by atoms with Crippen LogP contribution in [0.4, 0.5) is 0 Å². The van der Waals surface area contributed by atoms with Gasteiger partial charge in [-0.3, -0.25) is 9.20 Å². The topological polar surface area (TPSA) is 62.7 Å². The molecule has 2 aliphatic carbocycles. The molecule has 0 aliphatic heterocycles. The summed E-state index contributed by atoms with van der Waals surface area (Å²) >= 11 is 0. The molecule has 2 N–H and O–H groups in total. The van der Waals surface area contributed by atoms with Crippen molar-refractivity contribution < 1.29 is 8.95 Å². The first-order valence-electron chi connectivity index (χ1n) is 9.72. The first-order chi connectivity index (χ1) is 11.7. The van der Waals surface area contributed by atoms with E-state index in [2.05, 4.69) is 22.5 Å². The average Bonchev–Trinajstić information content (AvgIpc) is 3.42. The number of rotatable bonds is 10. The van der Waals surface area contributed by atoms with E-state index in [1.807, 2.05) is 6.92 Å². The molecule has 0 saturated heterocycles. The maximum absolute atomic E-state index is 12.1. The molecule has 6 heteroatoms. The van der Waals surface area contributed by atoms with Crippen molar-refractivity contribution in [1.29, 1.82) is 0 Å². The van der Waals surface area contributed by atoms with Crippen molar-refractivity contribution in [3.63, 3.8) is 0 Å². The Morgan fingerprint density at radius 2 is 2.08 bits per heavy atom. The van der Waals surface area contributed by atoms with Crippen molar-refractivity contribution in [3.8, 4) is 0 Å². The second kappa shape index (κ2) is 11.1. The molecule has 5 nitrogen and oxygen atoms in total. The smallest absolute Gasteiger partial charge is 0.191 e. The van der Waals surface area contributed by atoms with E-state index in [0.29, 0.717) is 11.3 Å². The van der Waals surface area contributed by atoms with Gasteiger partial charge in [-0.15, -0.1) is 0 Å². The number of nitrogens with one attached hydrogen (secondary N) is 2. The van der Waals surface area contributed by atoms with Crippen molar-refractivity contribution in [2.45, 2.75) is 70.1 Å². The Hall–Kier alpha value is -0.620. The fourth-order valence-corrected chi connectivity index (χ4v) is 4.50. The minimum Gasteiger partial charge on any atom is -0.381 e. The van der Waals surface area contributed by atoms with E-state index in [4.69, 9.17) is 4.74 Å². The molecule has 0 radical (unpaired) electrons. The van der Waals surface area contributed by atoms with Gasteiger partial charge in [0, 0.05) is 54.1 Å². The molecule has 0 spiro atoms. The second-order valence-electron chi connectivity index (χ2n) is 6.93. The van der Waals surface area contributed by atoms with Gasteiger partial charge in [0.15, 0.2) is 5.96 Å². The van der Waals surface area contributed by atoms with Gasteiger partial charge >= 0.3 is 0 Å². The summed E-state index contributed by atoms with van der Waals surface area (Å²) in [5, 5.41) is 7.23. The van der Waals surface area contributed by atoms with Gasteiger partial charge in [-0.25, -0.2) is 0 Å². The van der Waals surface area contributed by atoms with Gasteiger partial charge < -0.3 is 15.4 Å². The van der Waals surface area contributed by atoms with E-state index in [9.17, 15) is 4.21 Å². The Morgan fingerprint density at radius 3 is 2.79 bits per heavy atom. The van der Waals surface area contributed by atoms with Gasteiger partial charge in [-0.2, -0.15) is 0 Å². The van der Waals surface area contributed by atoms with Crippen LogP contribution in [-0.2, 0) is 15.5 Å². The van der Waals surface area contributed by atoms with Crippen LogP contribution >= 0.6 is 0 Å². The van der Waals surface area contributed by atoms with E-state index in [1.165, 1.54) is 12.8 Å². The fourth-order valence-electron chi connectivity index (χ4n) is 3.16. The molecule has 0 amide bonds. The molecule has 0 aromatic heterocycles. The van der Waals surface area contributed by atoms with Gasteiger partial charge in [0.2, 0.25) is 0 Å². The summed E-state index contributed by atoms with van der Waals surface area (Å²) in [7, 11) is -0.678. The third-order valence-electron chi connectivity index (χ3n) is 4.73. The van der Waals surface area contributed by atoms with E-state index in [0.717, 1.165) is 76.0 Å². The predicted octanol–water partition coefficient (Wildman–Crippen LogP) is 2.44. The van der Waals surface area contributed by atoms with Gasteiger partial charge in [-0.1, -0.05) is 13.3 Å². The van der Waals surface area contributed by atoms with Crippen LogP contribution in [0.3, 0.4) is 0 Å². The normalized spacial score (nSPS) is 26.2. The number of guanidine groups is 1. The lowest BCUT2D eigenvalue weighted by Gasteiger charge is -2.30. The molecule has 0 aromatic rings. The zero-order valence-electron chi connectivity index (χ0n) is 15.4. The first-order valence-corrected chi connectivity index (χ1v) is 11.1. The highest BCUT2D eigenvalue weighted by molar-refractivity contribution is 7.85. The third kappa shape index (κ3) is 7.51. The Labute approximate surface area is 149 Å². The third-order valence-corrected chi connectivity index (χ3v) is 6.48. The van der Waals surface area contributed by atoms with Crippen molar-refractivity contribution in [2.24, 2.45) is 10.9 Å².